The van der Waals surface area contributed by atoms with Crippen LogP contribution in [0.25, 0.3) is 10.9 Å². The average molecular weight is 204 g/mol. The molecule has 3 heteroatoms. The van der Waals surface area contributed by atoms with Gasteiger partial charge in [0.2, 0.25) is 0 Å². The highest BCUT2D eigenvalue weighted by Crippen LogP contribution is 2.28. The van der Waals surface area contributed by atoms with Gasteiger partial charge in [-0.15, -0.1) is 0 Å². The molecule has 1 aromatic carbocycles. The third-order valence-electron chi connectivity index (χ3n) is 2.57. The van der Waals surface area contributed by atoms with Gasteiger partial charge in [-0.25, -0.2) is 0 Å². The molecule has 0 aliphatic carbocycles. The summed E-state index contributed by atoms with van der Waals surface area (Å²) in [5, 5.41) is 1.19. The first-order valence-electron chi connectivity index (χ1n) is 5.17. The number of nitrogens with zero attached hydrogens (tertiary/aromatic N) is 1. The van der Waals surface area contributed by atoms with Crippen molar-refractivity contribution >= 4 is 10.9 Å². The average Bonchev–Trinajstić information content (AvgIpc) is 2.57. The molecule has 0 saturated carbocycles. The van der Waals surface area contributed by atoms with Crippen molar-refractivity contribution < 1.29 is 4.74 Å². The van der Waals surface area contributed by atoms with Crippen molar-refractivity contribution in [1.29, 1.82) is 0 Å². The van der Waals surface area contributed by atoms with E-state index in [1.807, 2.05) is 26.1 Å². The highest BCUT2D eigenvalue weighted by Gasteiger charge is 2.09. The molecule has 0 aliphatic heterocycles. The lowest BCUT2D eigenvalue weighted by atomic mass is 10.1. The Balaban J connectivity index is 2.68. The molecule has 0 amide bonds. The van der Waals surface area contributed by atoms with Crippen LogP contribution in [-0.4, -0.2) is 11.2 Å². The summed E-state index contributed by atoms with van der Waals surface area (Å²) in [5.41, 5.74) is 7.99. The van der Waals surface area contributed by atoms with E-state index >= 15 is 0 Å². The van der Waals surface area contributed by atoms with Gasteiger partial charge in [-0.3, -0.25) is 0 Å². The molecule has 0 atom stereocenters. The van der Waals surface area contributed by atoms with Crippen LogP contribution in [0.4, 0.5) is 0 Å². The zero-order valence-electron chi connectivity index (χ0n) is 9.16. The summed E-state index contributed by atoms with van der Waals surface area (Å²) >= 11 is 0. The normalized spacial score (nSPS) is 10.9. The first-order valence-corrected chi connectivity index (χ1v) is 5.17. The van der Waals surface area contributed by atoms with Crippen molar-refractivity contribution in [2.45, 2.75) is 13.5 Å². The first kappa shape index (κ1) is 10.1. The van der Waals surface area contributed by atoms with Gasteiger partial charge in [0.25, 0.3) is 0 Å². The number of aryl methyl sites for hydroxylation is 1. The third kappa shape index (κ3) is 1.59. The van der Waals surface area contributed by atoms with Gasteiger partial charge < -0.3 is 15.0 Å². The number of benzene rings is 1. The van der Waals surface area contributed by atoms with Crippen molar-refractivity contribution in [2.24, 2.45) is 12.8 Å². The highest BCUT2D eigenvalue weighted by molar-refractivity contribution is 5.89. The Morgan fingerprint density at radius 2 is 2.20 bits per heavy atom. The van der Waals surface area contributed by atoms with E-state index in [1.54, 1.807) is 0 Å². The smallest absolute Gasteiger partial charge is 0.143 e. The monoisotopic (exact) mass is 204 g/mol. The molecule has 2 rings (SSSR count). The summed E-state index contributed by atoms with van der Waals surface area (Å²) in [6.07, 6.45) is 2.06. The third-order valence-corrected chi connectivity index (χ3v) is 2.57. The largest absolute Gasteiger partial charge is 0.492 e. The Hall–Kier alpha value is -1.48. The lowest BCUT2D eigenvalue weighted by Crippen LogP contribution is -1.95. The van der Waals surface area contributed by atoms with Crippen molar-refractivity contribution in [2.75, 3.05) is 6.61 Å². The van der Waals surface area contributed by atoms with Crippen molar-refractivity contribution in [3.05, 3.63) is 30.0 Å². The van der Waals surface area contributed by atoms with E-state index in [9.17, 15) is 0 Å². The van der Waals surface area contributed by atoms with Crippen LogP contribution >= 0.6 is 0 Å². The van der Waals surface area contributed by atoms with Crippen LogP contribution in [0.3, 0.4) is 0 Å². The van der Waals surface area contributed by atoms with Crippen molar-refractivity contribution in [1.82, 2.24) is 4.57 Å². The number of hydrogen-bond acceptors (Lipinski definition) is 2. The Morgan fingerprint density at radius 3 is 2.87 bits per heavy atom. The van der Waals surface area contributed by atoms with Gasteiger partial charge in [0, 0.05) is 25.2 Å². The summed E-state index contributed by atoms with van der Waals surface area (Å²) in [6, 6.07) is 6.08. The number of ether oxygens (including phenoxy) is 1. The lowest BCUT2D eigenvalue weighted by molar-refractivity contribution is 0.343. The quantitative estimate of drug-likeness (QED) is 0.831. The Kier molecular flexibility index (Phi) is 2.64. The van der Waals surface area contributed by atoms with E-state index in [-0.39, 0.29) is 0 Å². The Bertz CT molecular complexity index is 474. The SMILES string of the molecule is CCOc1cccc2c(CN)cn(C)c12. The van der Waals surface area contributed by atoms with Crippen molar-refractivity contribution in [3.63, 3.8) is 0 Å². The summed E-state index contributed by atoms with van der Waals surface area (Å²) in [4.78, 5) is 0. The second-order valence-corrected chi connectivity index (χ2v) is 3.55. The lowest BCUT2D eigenvalue weighted by Gasteiger charge is -2.06. The molecule has 0 saturated heterocycles. The first-order chi connectivity index (χ1) is 7.27. The Labute approximate surface area is 89.4 Å². The van der Waals surface area contributed by atoms with Gasteiger partial charge in [0.05, 0.1) is 12.1 Å². The molecule has 15 heavy (non-hydrogen) atoms. The van der Waals surface area contributed by atoms with Crippen LogP contribution in [0.2, 0.25) is 0 Å². The molecular formula is C12H16N2O. The molecule has 2 N–H and O–H groups in total. The molecule has 1 heterocycles. The van der Waals surface area contributed by atoms with Crippen LogP contribution < -0.4 is 10.5 Å². The molecule has 0 radical (unpaired) electrons. The van der Waals surface area contributed by atoms with E-state index in [0.717, 1.165) is 16.8 Å². The predicted molar refractivity (Wildman–Crippen MR) is 62.0 cm³/mol. The summed E-state index contributed by atoms with van der Waals surface area (Å²) in [6.45, 7) is 3.24. The highest BCUT2D eigenvalue weighted by atomic mass is 16.5. The zero-order chi connectivity index (χ0) is 10.8. The van der Waals surface area contributed by atoms with E-state index in [4.69, 9.17) is 10.5 Å². The van der Waals surface area contributed by atoms with Gasteiger partial charge in [-0.2, -0.15) is 0 Å². The fourth-order valence-corrected chi connectivity index (χ4v) is 1.95. The molecule has 0 fully saturated rings. The van der Waals surface area contributed by atoms with E-state index in [0.29, 0.717) is 13.2 Å². The van der Waals surface area contributed by atoms with Crippen LogP contribution in [0.1, 0.15) is 12.5 Å². The van der Waals surface area contributed by atoms with Gasteiger partial charge in [-0.05, 0) is 18.6 Å². The van der Waals surface area contributed by atoms with Gasteiger partial charge in [0.15, 0.2) is 0 Å². The summed E-state index contributed by atoms with van der Waals surface area (Å²) < 4.78 is 7.67. The summed E-state index contributed by atoms with van der Waals surface area (Å²) in [5.74, 6) is 0.928. The van der Waals surface area contributed by atoms with E-state index in [1.165, 1.54) is 5.39 Å². The van der Waals surface area contributed by atoms with Crippen molar-refractivity contribution in [3.8, 4) is 5.75 Å². The molecule has 0 bridgehead atoms. The molecule has 0 spiro atoms. The van der Waals surface area contributed by atoms with Crippen LogP contribution in [-0.2, 0) is 13.6 Å². The van der Waals surface area contributed by atoms with E-state index < -0.39 is 0 Å². The van der Waals surface area contributed by atoms with Gasteiger partial charge >= 0.3 is 0 Å². The maximum atomic E-state index is 5.70. The van der Waals surface area contributed by atoms with Crippen LogP contribution in [0.5, 0.6) is 5.75 Å². The second-order valence-electron chi connectivity index (χ2n) is 3.55. The minimum Gasteiger partial charge on any atom is -0.492 e. The molecule has 3 nitrogen and oxygen atoms in total. The number of hydrogen-bond donors (Lipinski definition) is 1. The molecule has 80 valence electrons. The van der Waals surface area contributed by atoms with Crippen LogP contribution in [0.15, 0.2) is 24.4 Å². The summed E-state index contributed by atoms with van der Waals surface area (Å²) in [7, 11) is 2.02. The molecular weight excluding hydrogens is 188 g/mol. The minimum absolute atomic E-state index is 0.562. The van der Waals surface area contributed by atoms with Crippen LogP contribution in [0, 0.1) is 0 Å². The zero-order valence-corrected chi connectivity index (χ0v) is 9.16. The number of fused-ring (bicyclic) bond motifs is 1. The van der Waals surface area contributed by atoms with E-state index in [2.05, 4.69) is 16.8 Å². The number of aromatic nitrogens is 1. The molecule has 1 aromatic heterocycles. The topological polar surface area (TPSA) is 40.2 Å². The fourth-order valence-electron chi connectivity index (χ4n) is 1.95. The Morgan fingerprint density at radius 1 is 1.40 bits per heavy atom. The molecule has 0 aliphatic rings. The molecule has 2 aromatic rings. The second kappa shape index (κ2) is 3.95. The van der Waals surface area contributed by atoms with Gasteiger partial charge in [0.1, 0.15) is 5.75 Å². The number of nitrogens with two attached hydrogens (primary N) is 1. The fraction of sp³-hybridized carbons (Fsp3) is 0.333. The standard InChI is InChI=1S/C12H16N2O/c1-3-15-11-6-4-5-10-9(7-13)8-14(2)12(10)11/h4-6,8H,3,7,13H2,1-2H3. The number of rotatable bonds is 3. The minimum atomic E-state index is 0.562. The molecule has 0 unspecified atom stereocenters. The predicted octanol–water partition coefficient (Wildman–Crippen LogP) is 2.04. The maximum Gasteiger partial charge on any atom is 0.143 e. The maximum absolute atomic E-state index is 5.70. The number of para-hydroxylation sites is 1. The van der Waals surface area contributed by atoms with Gasteiger partial charge in [-0.1, -0.05) is 12.1 Å².